The molecule has 0 bridgehead atoms. The van der Waals surface area contributed by atoms with Crippen molar-refractivity contribution < 1.29 is 4.55 Å². The van der Waals surface area contributed by atoms with Crippen molar-refractivity contribution in [3.8, 4) is 0 Å². The van der Waals surface area contributed by atoms with Crippen molar-refractivity contribution in [1.82, 2.24) is 14.1 Å². The average molecular weight is 375 g/mol. The number of piperazine rings is 1. The number of benzene rings is 1. The molecule has 5 nitrogen and oxygen atoms in total. The van der Waals surface area contributed by atoms with Gasteiger partial charge < -0.3 is 9.45 Å². The van der Waals surface area contributed by atoms with Gasteiger partial charge in [-0.2, -0.15) is 4.31 Å². The van der Waals surface area contributed by atoms with E-state index < -0.39 is 11.4 Å². The second-order valence-electron chi connectivity index (χ2n) is 7.86. The van der Waals surface area contributed by atoms with Crippen LogP contribution in [0.15, 0.2) is 34.2 Å². The summed E-state index contributed by atoms with van der Waals surface area (Å²) in [7, 11) is 0. The molecule has 2 fully saturated rings. The number of aliphatic imine (C=N–C) groups is 1. The summed E-state index contributed by atoms with van der Waals surface area (Å²) in [5.74, 6) is 1.43. The first kappa shape index (κ1) is 18.1. The summed E-state index contributed by atoms with van der Waals surface area (Å²) < 4.78 is 15.1. The first-order valence-electron chi connectivity index (χ1n) is 9.96. The Morgan fingerprint density at radius 1 is 1.04 bits per heavy atom. The van der Waals surface area contributed by atoms with Crippen LogP contribution >= 0.6 is 0 Å². The van der Waals surface area contributed by atoms with Crippen molar-refractivity contribution in [2.75, 3.05) is 39.3 Å². The van der Waals surface area contributed by atoms with Gasteiger partial charge in [-0.1, -0.05) is 32.4 Å². The zero-order chi connectivity index (χ0) is 18.1. The Kier molecular flexibility index (Phi) is 5.43. The van der Waals surface area contributed by atoms with Crippen LogP contribution in [-0.4, -0.2) is 69.9 Å². The third kappa shape index (κ3) is 3.59. The van der Waals surface area contributed by atoms with Gasteiger partial charge in [0, 0.05) is 32.2 Å². The van der Waals surface area contributed by atoms with Gasteiger partial charge in [0.15, 0.2) is 4.90 Å². The van der Waals surface area contributed by atoms with Gasteiger partial charge in [-0.3, -0.25) is 4.90 Å². The molecule has 1 aromatic rings. The summed E-state index contributed by atoms with van der Waals surface area (Å²) in [6.45, 7) is 10.1. The molecule has 0 spiro atoms. The molecule has 0 amide bonds. The van der Waals surface area contributed by atoms with Crippen LogP contribution in [0.5, 0.6) is 0 Å². The molecule has 2 aliphatic heterocycles. The normalized spacial score (nSPS) is 23.3. The third-order valence-corrected chi connectivity index (χ3v) is 7.34. The van der Waals surface area contributed by atoms with Gasteiger partial charge in [0.2, 0.25) is 5.96 Å². The predicted octanol–water partition coefficient (Wildman–Crippen LogP) is 2.67. The van der Waals surface area contributed by atoms with Crippen molar-refractivity contribution in [2.24, 2.45) is 4.99 Å². The zero-order valence-corrected chi connectivity index (χ0v) is 16.7. The first-order valence-corrected chi connectivity index (χ1v) is 11.1. The Labute approximate surface area is 160 Å². The molecule has 1 atom stereocenters. The summed E-state index contributed by atoms with van der Waals surface area (Å²) in [6.07, 6.45) is 4.12. The van der Waals surface area contributed by atoms with Crippen molar-refractivity contribution >= 4 is 17.3 Å². The lowest BCUT2D eigenvalue weighted by Gasteiger charge is -2.43. The van der Waals surface area contributed by atoms with Gasteiger partial charge in [0.05, 0.1) is 13.1 Å². The molecular weight excluding hydrogens is 344 g/mol. The molecule has 0 aromatic heterocycles. The molecule has 6 heteroatoms. The molecule has 1 aromatic carbocycles. The van der Waals surface area contributed by atoms with Gasteiger partial charge in [0.25, 0.3) is 0 Å². The quantitative estimate of drug-likeness (QED) is 0.760. The highest BCUT2D eigenvalue weighted by molar-refractivity contribution is 7.89. The van der Waals surface area contributed by atoms with Crippen molar-refractivity contribution in [1.29, 1.82) is 0 Å². The van der Waals surface area contributed by atoms with E-state index in [0.717, 1.165) is 56.2 Å². The molecule has 26 heavy (non-hydrogen) atoms. The summed E-state index contributed by atoms with van der Waals surface area (Å²) in [5.41, 5.74) is 1.29. The molecular formula is C20H30N4OS. The van der Waals surface area contributed by atoms with E-state index in [2.05, 4.69) is 35.8 Å². The topological polar surface area (TPSA) is 45.1 Å². The maximum atomic E-state index is 13.1. The van der Waals surface area contributed by atoms with Gasteiger partial charge in [-0.25, -0.2) is 4.99 Å². The Balaban J connectivity index is 1.39. The highest BCUT2D eigenvalue weighted by atomic mass is 32.2. The lowest BCUT2D eigenvalue weighted by atomic mass is 9.91. The minimum absolute atomic E-state index is 0.494. The number of hydrogen-bond donors (Lipinski definition) is 0. The molecule has 1 saturated carbocycles. The van der Waals surface area contributed by atoms with Crippen LogP contribution in [0.3, 0.4) is 0 Å². The summed E-state index contributed by atoms with van der Waals surface area (Å²) >= 11 is -1.17. The fourth-order valence-electron chi connectivity index (χ4n) is 3.97. The molecule has 0 radical (unpaired) electrons. The highest BCUT2D eigenvalue weighted by Crippen LogP contribution is 2.27. The van der Waals surface area contributed by atoms with Crippen LogP contribution in [0.2, 0.25) is 0 Å². The molecule has 1 saturated heterocycles. The van der Waals surface area contributed by atoms with Crippen LogP contribution in [0.25, 0.3) is 0 Å². The van der Waals surface area contributed by atoms with E-state index in [-0.39, 0.29) is 0 Å². The SMILES string of the molecule is CC(C)c1ccc([S+]([O-])N2CCN=C2N2CCN(C3CCC3)CC2)cc1. The number of guanidine groups is 1. The van der Waals surface area contributed by atoms with E-state index in [4.69, 9.17) is 4.99 Å². The Bertz CT molecular complexity index is 636. The molecule has 1 aliphatic carbocycles. The molecule has 0 N–H and O–H groups in total. The largest absolute Gasteiger partial charge is 0.588 e. The minimum atomic E-state index is -1.17. The summed E-state index contributed by atoms with van der Waals surface area (Å²) in [6, 6.07) is 9.03. The van der Waals surface area contributed by atoms with E-state index in [9.17, 15) is 4.55 Å². The molecule has 2 heterocycles. The number of nitrogens with zero attached hydrogens (tertiary/aromatic N) is 4. The van der Waals surface area contributed by atoms with E-state index >= 15 is 0 Å². The van der Waals surface area contributed by atoms with E-state index in [0.29, 0.717) is 5.92 Å². The Morgan fingerprint density at radius 2 is 1.73 bits per heavy atom. The molecule has 1 unspecified atom stereocenters. The highest BCUT2D eigenvalue weighted by Gasteiger charge is 2.36. The van der Waals surface area contributed by atoms with Gasteiger partial charge in [0.1, 0.15) is 11.4 Å². The monoisotopic (exact) mass is 374 g/mol. The lowest BCUT2D eigenvalue weighted by molar-refractivity contribution is 0.0833. The average Bonchev–Trinajstić information content (AvgIpc) is 3.10. The van der Waals surface area contributed by atoms with Gasteiger partial charge in [-0.15, -0.1) is 0 Å². The third-order valence-electron chi connectivity index (χ3n) is 5.92. The number of hydrogen-bond acceptors (Lipinski definition) is 5. The minimum Gasteiger partial charge on any atom is -0.588 e. The van der Waals surface area contributed by atoms with Crippen LogP contribution in [-0.2, 0) is 11.4 Å². The van der Waals surface area contributed by atoms with Gasteiger partial charge >= 0.3 is 0 Å². The van der Waals surface area contributed by atoms with Crippen LogP contribution < -0.4 is 0 Å². The Hall–Kier alpha value is -1.24. The predicted molar refractivity (Wildman–Crippen MR) is 107 cm³/mol. The fourth-order valence-corrected chi connectivity index (χ4v) is 5.16. The number of rotatable bonds is 4. The van der Waals surface area contributed by atoms with Crippen molar-refractivity contribution in [3.05, 3.63) is 29.8 Å². The van der Waals surface area contributed by atoms with Crippen molar-refractivity contribution in [3.63, 3.8) is 0 Å². The van der Waals surface area contributed by atoms with Crippen LogP contribution in [0.1, 0.15) is 44.6 Å². The second-order valence-corrected chi connectivity index (χ2v) is 9.27. The maximum absolute atomic E-state index is 13.1. The molecule has 3 aliphatic rings. The summed E-state index contributed by atoms with van der Waals surface area (Å²) in [5, 5.41) is 0. The van der Waals surface area contributed by atoms with E-state index in [1.165, 1.54) is 24.8 Å². The Morgan fingerprint density at radius 3 is 2.31 bits per heavy atom. The molecule has 4 rings (SSSR count). The van der Waals surface area contributed by atoms with E-state index in [1.807, 2.05) is 16.4 Å². The standard InChI is InChI=1S/C20H30N4OS/c1-16(2)17-6-8-19(9-7-17)26(25)24-11-10-21-20(24)23-14-12-22(13-15-23)18-4-3-5-18/h6-9,16,18H,3-5,10-15H2,1-2H3. The second kappa shape index (κ2) is 7.79. The fraction of sp³-hybridized carbons (Fsp3) is 0.650. The van der Waals surface area contributed by atoms with Crippen LogP contribution in [0.4, 0.5) is 0 Å². The van der Waals surface area contributed by atoms with Crippen LogP contribution in [0, 0.1) is 0 Å². The smallest absolute Gasteiger partial charge is 0.240 e. The first-order chi connectivity index (χ1) is 12.6. The molecule has 142 valence electrons. The van der Waals surface area contributed by atoms with E-state index in [1.54, 1.807) is 0 Å². The maximum Gasteiger partial charge on any atom is 0.240 e. The zero-order valence-electron chi connectivity index (χ0n) is 15.9. The van der Waals surface area contributed by atoms with Crippen molar-refractivity contribution in [2.45, 2.75) is 50.0 Å². The summed E-state index contributed by atoms with van der Waals surface area (Å²) in [4.78, 5) is 10.5. The van der Waals surface area contributed by atoms with Gasteiger partial charge in [-0.05, 0) is 36.5 Å². The lowest BCUT2D eigenvalue weighted by Crippen LogP contribution is -2.56.